The highest BCUT2D eigenvalue weighted by atomic mass is 16.4. The van der Waals surface area contributed by atoms with Crippen molar-refractivity contribution in [3.8, 4) is 5.75 Å². The summed E-state index contributed by atoms with van der Waals surface area (Å²) in [5, 5.41) is 32.3. The molecule has 0 spiro atoms. The SMILES string of the molecule is O=C(O)c1ccc(NC(=O)c2cc3ccccc3c(/N=N/c3ccccc3)c2O)cc1. The van der Waals surface area contributed by atoms with E-state index in [1.165, 1.54) is 24.3 Å². The zero-order chi connectivity index (χ0) is 21.8. The Morgan fingerprint density at radius 3 is 2.19 bits per heavy atom. The quantitative estimate of drug-likeness (QED) is 0.354. The van der Waals surface area contributed by atoms with E-state index in [0.717, 1.165) is 0 Å². The van der Waals surface area contributed by atoms with E-state index in [0.29, 0.717) is 22.1 Å². The molecule has 0 bridgehead atoms. The van der Waals surface area contributed by atoms with Crippen LogP contribution in [0.1, 0.15) is 20.7 Å². The van der Waals surface area contributed by atoms with Crippen molar-refractivity contribution in [1.82, 2.24) is 0 Å². The van der Waals surface area contributed by atoms with Gasteiger partial charge in [-0.1, -0.05) is 42.5 Å². The molecule has 0 aliphatic heterocycles. The topological polar surface area (TPSA) is 111 Å². The van der Waals surface area contributed by atoms with E-state index in [1.54, 1.807) is 24.3 Å². The molecule has 0 aliphatic rings. The molecule has 0 aromatic heterocycles. The molecule has 152 valence electrons. The molecule has 0 heterocycles. The molecule has 0 unspecified atom stereocenters. The number of amides is 1. The van der Waals surface area contributed by atoms with Gasteiger partial charge in [0, 0.05) is 11.1 Å². The average molecular weight is 411 g/mol. The summed E-state index contributed by atoms with van der Waals surface area (Å²) in [6.07, 6.45) is 0. The molecule has 1 amide bonds. The minimum absolute atomic E-state index is 0.0306. The van der Waals surface area contributed by atoms with Gasteiger partial charge in [0.05, 0.1) is 16.8 Å². The Hall–Kier alpha value is -4.52. The predicted octanol–water partition coefficient (Wildman–Crippen LogP) is 5.91. The Morgan fingerprint density at radius 2 is 1.48 bits per heavy atom. The van der Waals surface area contributed by atoms with E-state index in [4.69, 9.17) is 5.11 Å². The number of aromatic carboxylic acids is 1. The Morgan fingerprint density at radius 1 is 0.806 bits per heavy atom. The molecule has 7 nitrogen and oxygen atoms in total. The van der Waals surface area contributed by atoms with Crippen molar-refractivity contribution in [3.63, 3.8) is 0 Å². The maximum absolute atomic E-state index is 12.9. The molecule has 0 radical (unpaired) electrons. The van der Waals surface area contributed by atoms with Gasteiger partial charge in [-0.2, -0.15) is 5.11 Å². The third-order valence-electron chi connectivity index (χ3n) is 4.65. The fourth-order valence-electron chi connectivity index (χ4n) is 3.09. The van der Waals surface area contributed by atoms with Gasteiger partial charge < -0.3 is 15.5 Å². The van der Waals surface area contributed by atoms with Gasteiger partial charge in [-0.05, 0) is 47.9 Å². The van der Waals surface area contributed by atoms with Gasteiger partial charge >= 0.3 is 5.97 Å². The minimum Gasteiger partial charge on any atom is -0.505 e. The number of phenolic OH excluding ortho intramolecular Hbond substituents is 1. The molecule has 4 aromatic carbocycles. The molecular formula is C24H17N3O4. The van der Waals surface area contributed by atoms with Gasteiger partial charge in [-0.15, -0.1) is 5.11 Å². The molecule has 7 heteroatoms. The lowest BCUT2D eigenvalue weighted by Crippen LogP contribution is -2.12. The molecule has 4 aromatic rings. The fraction of sp³-hybridized carbons (Fsp3) is 0. The summed E-state index contributed by atoms with van der Waals surface area (Å²) in [6, 6.07) is 23.6. The molecule has 31 heavy (non-hydrogen) atoms. The smallest absolute Gasteiger partial charge is 0.335 e. The Labute approximate surface area is 177 Å². The van der Waals surface area contributed by atoms with Crippen molar-refractivity contribution < 1.29 is 19.8 Å². The zero-order valence-electron chi connectivity index (χ0n) is 16.2. The first kappa shape index (κ1) is 19.8. The van der Waals surface area contributed by atoms with Gasteiger partial charge in [0.15, 0.2) is 5.75 Å². The number of carbonyl (C=O) groups is 2. The molecule has 4 rings (SSSR count). The summed E-state index contributed by atoms with van der Waals surface area (Å²) in [6.45, 7) is 0. The van der Waals surface area contributed by atoms with Crippen LogP contribution in [0.15, 0.2) is 95.2 Å². The molecule has 0 aliphatic carbocycles. The number of azo groups is 1. The van der Waals surface area contributed by atoms with E-state index in [-0.39, 0.29) is 22.6 Å². The number of hydrogen-bond donors (Lipinski definition) is 3. The fourth-order valence-corrected chi connectivity index (χ4v) is 3.09. The summed E-state index contributed by atoms with van der Waals surface area (Å²) in [7, 11) is 0. The summed E-state index contributed by atoms with van der Waals surface area (Å²) < 4.78 is 0. The second kappa shape index (κ2) is 8.46. The monoisotopic (exact) mass is 411 g/mol. The van der Waals surface area contributed by atoms with Crippen LogP contribution in [0.2, 0.25) is 0 Å². The number of anilines is 1. The van der Waals surface area contributed by atoms with Crippen molar-refractivity contribution in [2.45, 2.75) is 0 Å². The molecule has 0 fully saturated rings. The van der Waals surface area contributed by atoms with Crippen LogP contribution in [0.4, 0.5) is 17.1 Å². The van der Waals surface area contributed by atoms with E-state index < -0.39 is 11.9 Å². The molecule has 0 saturated heterocycles. The van der Waals surface area contributed by atoms with Gasteiger partial charge in [0.2, 0.25) is 0 Å². The Bertz CT molecular complexity index is 1300. The van der Waals surface area contributed by atoms with Crippen molar-refractivity contribution in [1.29, 1.82) is 0 Å². The predicted molar refractivity (Wildman–Crippen MR) is 118 cm³/mol. The largest absolute Gasteiger partial charge is 0.505 e. The van der Waals surface area contributed by atoms with Gasteiger partial charge in [0.1, 0.15) is 5.69 Å². The number of carboxylic acids is 1. The third kappa shape index (κ3) is 4.25. The number of benzene rings is 4. The third-order valence-corrected chi connectivity index (χ3v) is 4.65. The van der Waals surface area contributed by atoms with Crippen LogP contribution in [0.5, 0.6) is 5.75 Å². The van der Waals surface area contributed by atoms with E-state index in [1.807, 2.05) is 36.4 Å². The zero-order valence-corrected chi connectivity index (χ0v) is 16.2. The highest BCUT2D eigenvalue weighted by Crippen LogP contribution is 2.39. The summed E-state index contributed by atoms with van der Waals surface area (Å²) >= 11 is 0. The number of nitrogens with one attached hydrogen (secondary N) is 1. The van der Waals surface area contributed by atoms with Gasteiger partial charge in [-0.25, -0.2) is 4.79 Å². The lowest BCUT2D eigenvalue weighted by atomic mass is 10.0. The van der Waals surface area contributed by atoms with Crippen LogP contribution in [0.3, 0.4) is 0 Å². The summed E-state index contributed by atoms with van der Waals surface area (Å²) in [4.78, 5) is 23.9. The first-order chi connectivity index (χ1) is 15.0. The van der Waals surface area contributed by atoms with Crippen LogP contribution < -0.4 is 5.32 Å². The summed E-state index contributed by atoms with van der Waals surface area (Å²) in [5.41, 5.74) is 1.33. The van der Waals surface area contributed by atoms with Gasteiger partial charge in [0.25, 0.3) is 5.91 Å². The van der Waals surface area contributed by atoms with Crippen molar-refractivity contribution in [2.75, 3.05) is 5.32 Å². The number of nitrogens with zero attached hydrogens (tertiary/aromatic N) is 2. The van der Waals surface area contributed by atoms with Crippen LogP contribution in [-0.2, 0) is 0 Å². The van der Waals surface area contributed by atoms with Crippen LogP contribution in [0.25, 0.3) is 10.8 Å². The van der Waals surface area contributed by atoms with Gasteiger partial charge in [-0.3, -0.25) is 4.79 Å². The number of carbonyl (C=O) groups excluding carboxylic acids is 1. The summed E-state index contributed by atoms with van der Waals surface area (Å²) in [5.74, 6) is -1.90. The van der Waals surface area contributed by atoms with Crippen LogP contribution in [-0.4, -0.2) is 22.1 Å². The number of phenols is 1. The first-order valence-electron chi connectivity index (χ1n) is 9.39. The lowest BCUT2D eigenvalue weighted by Gasteiger charge is -2.11. The number of hydrogen-bond acceptors (Lipinski definition) is 5. The standard InChI is InChI=1S/C24H17N3O4/c28-22-20(23(29)25-17-12-10-15(11-13-17)24(30)31)14-16-6-4-5-9-19(16)21(22)27-26-18-7-2-1-3-8-18/h1-14,28H,(H,25,29)(H,30,31)/b27-26+. The van der Waals surface area contributed by atoms with E-state index in [9.17, 15) is 14.7 Å². The van der Waals surface area contributed by atoms with Crippen LogP contribution in [0, 0.1) is 0 Å². The minimum atomic E-state index is -1.06. The van der Waals surface area contributed by atoms with Crippen molar-refractivity contribution in [3.05, 3.63) is 96.1 Å². The maximum atomic E-state index is 12.9. The second-order valence-corrected chi connectivity index (χ2v) is 6.71. The number of carboxylic acid groups (broad SMARTS) is 1. The molecule has 0 saturated carbocycles. The number of aromatic hydroxyl groups is 1. The number of fused-ring (bicyclic) bond motifs is 1. The normalized spacial score (nSPS) is 11.0. The van der Waals surface area contributed by atoms with E-state index >= 15 is 0 Å². The lowest BCUT2D eigenvalue weighted by molar-refractivity contribution is 0.0696. The highest BCUT2D eigenvalue weighted by molar-refractivity contribution is 6.11. The average Bonchev–Trinajstić information content (AvgIpc) is 2.79. The second-order valence-electron chi connectivity index (χ2n) is 6.71. The Balaban J connectivity index is 1.72. The van der Waals surface area contributed by atoms with Crippen molar-refractivity contribution in [2.24, 2.45) is 10.2 Å². The van der Waals surface area contributed by atoms with Crippen LogP contribution >= 0.6 is 0 Å². The molecular weight excluding hydrogens is 394 g/mol. The maximum Gasteiger partial charge on any atom is 0.335 e. The van der Waals surface area contributed by atoms with E-state index in [2.05, 4.69) is 15.5 Å². The Kier molecular flexibility index (Phi) is 5.40. The number of rotatable bonds is 5. The molecule has 0 atom stereocenters. The first-order valence-corrected chi connectivity index (χ1v) is 9.39. The van der Waals surface area contributed by atoms with Crippen molar-refractivity contribution >= 4 is 39.7 Å². The molecule has 3 N–H and O–H groups in total. The highest BCUT2D eigenvalue weighted by Gasteiger charge is 2.18.